The van der Waals surface area contributed by atoms with E-state index in [1.54, 1.807) is 49.5 Å². The third-order valence-corrected chi connectivity index (χ3v) is 3.03. The fraction of sp³-hybridized carbons (Fsp3) is 0.188. The summed E-state index contributed by atoms with van der Waals surface area (Å²) in [4.78, 5) is 13.3. The molecule has 0 aliphatic heterocycles. The van der Waals surface area contributed by atoms with Crippen LogP contribution in [0.25, 0.3) is 0 Å². The minimum absolute atomic E-state index is 0.152. The first-order valence-corrected chi connectivity index (χ1v) is 6.57. The SMILES string of the molecule is CN(C(=O)CCOc1cccc(N)c1)c1ccccc1F. The average Bonchev–Trinajstić information content (AvgIpc) is 2.47. The Kier molecular flexibility index (Phi) is 4.77. The van der Waals surface area contributed by atoms with Gasteiger partial charge in [0.2, 0.25) is 5.91 Å². The molecule has 2 N–H and O–H groups in total. The molecule has 0 saturated heterocycles. The van der Waals surface area contributed by atoms with Gasteiger partial charge in [-0.05, 0) is 24.3 Å². The highest BCUT2D eigenvalue weighted by Crippen LogP contribution is 2.18. The van der Waals surface area contributed by atoms with Gasteiger partial charge in [0.05, 0.1) is 18.7 Å². The van der Waals surface area contributed by atoms with Crippen LogP contribution < -0.4 is 15.4 Å². The molecule has 0 spiro atoms. The van der Waals surface area contributed by atoms with Gasteiger partial charge in [0.15, 0.2) is 0 Å². The van der Waals surface area contributed by atoms with Crippen LogP contribution in [0, 0.1) is 5.82 Å². The van der Waals surface area contributed by atoms with Gasteiger partial charge in [0.1, 0.15) is 11.6 Å². The number of carbonyl (C=O) groups excluding carboxylic acids is 1. The molecule has 0 heterocycles. The van der Waals surface area contributed by atoms with Gasteiger partial charge in [0, 0.05) is 18.8 Å². The van der Waals surface area contributed by atoms with E-state index in [0.29, 0.717) is 11.4 Å². The maximum atomic E-state index is 13.6. The fourth-order valence-corrected chi connectivity index (χ4v) is 1.89. The molecule has 0 saturated carbocycles. The van der Waals surface area contributed by atoms with Crippen molar-refractivity contribution in [1.29, 1.82) is 0 Å². The highest BCUT2D eigenvalue weighted by Gasteiger charge is 2.14. The number of hydrogen-bond acceptors (Lipinski definition) is 3. The second kappa shape index (κ2) is 6.74. The molecule has 0 atom stereocenters. The standard InChI is InChI=1S/C16H17FN2O2/c1-19(15-8-3-2-7-14(15)17)16(20)9-10-21-13-6-4-5-12(18)11-13/h2-8,11H,9-10,18H2,1H3. The number of hydrogen-bond donors (Lipinski definition) is 1. The van der Waals surface area contributed by atoms with Crippen LogP contribution in [-0.2, 0) is 4.79 Å². The molecule has 0 aliphatic carbocycles. The molecule has 1 amide bonds. The smallest absolute Gasteiger partial charge is 0.230 e. The van der Waals surface area contributed by atoms with Gasteiger partial charge < -0.3 is 15.4 Å². The van der Waals surface area contributed by atoms with Crippen LogP contribution >= 0.6 is 0 Å². The molecule has 2 rings (SSSR count). The second-order valence-corrected chi connectivity index (χ2v) is 4.58. The van der Waals surface area contributed by atoms with E-state index in [4.69, 9.17) is 10.5 Å². The number of benzene rings is 2. The van der Waals surface area contributed by atoms with Crippen LogP contribution in [0.4, 0.5) is 15.8 Å². The summed E-state index contributed by atoms with van der Waals surface area (Å²) in [7, 11) is 1.54. The summed E-state index contributed by atoms with van der Waals surface area (Å²) in [6, 6.07) is 13.1. The molecule has 0 fully saturated rings. The highest BCUT2D eigenvalue weighted by molar-refractivity contribution is 5.92. The van der Waals surface area contributed by atoms with Crippen LogP contribution in [0.15, 0.2) is 48.5 Å². The van der Waals surface area contributed by atoms with Gasteiger partial charge in [-0.25, -0.2) is 4.39 Å². The summed E-state index contributed by atoms with van der Waals surface area (Å²) in [6.45, 7) is 0.209. The lowest BCUT2D eigenvalue weighted by Crippen LogP contribution is -2.28. The number of carbonyl (C=O) groups is 1. The van der Waals surface area contributed by atoms with Gasteiger partial charge in [-0.2, -0.15) is 0 Å². The molecule has 5 heteroatoms. The summed E-state index contributed by atoms with van der Waals surface area (Å²) in [5.74, 6) is -0.0366. The van der Waals surface area contributed by atoms with Crippen molar-refractivity contribution in [3.63, 3.8) is 0 Å². The van der Waals surface area contributed by atoms with Gasteiger partial charge in [-0.3, -0.25) is 4.79 Å². The van der Waals surface area contributed by atoms with E-state index < -0.39 is 5.82 Å². The summed E-state index contributed by atoms with van der Waals surface area (Å²) in [6.07, 6.45) is 0.152. The molecule has 0 aromatic heterocycles. The monoisotopic (exact) mass is 288 g/mol. The van der Waals surface area contributed by atoms with Crippen molar-refractivity contribution in [3.05, 3.63) is 54.3 Å². The average molecular weight is 288 g/mol. The maximum absolute atomic E-state index is 13.6. The Hall–Kier alpha value is -2.56. The van der Waals surface area contributed by atoms with Gasteiger partial charge in [0.25, 0.3) is 0 Å². The largest absolute Gasteiger partial charge is 0.493 e. The van der Waals surface area contributed by atoms with Crippen molar-refractivity contribution in [3.8, 4) is 5.75 Å². The minimum Gasteiger partial charge on any atom is -0.493 e. The van der Waals surface area contributed by atoms with Crippen molar-refractivity contribution < 1.29 is 13.9 Å². The van der Waals surface area contributed by atoms with Crippen molar-refractivity contribution >= 4 is 17.3 Å². The van der Waals surface area contributed by atoms with E-state index in [-0.39, 0.29) is 24.6 Å². The lowest BCUT2D eigenvalue weighted by atomic mass is 10.2. The number of anilines is 2. The number of halogens is 1. The Labute approximate surface area is 122 Å². The number of nitrogens with two attached hydrogens (primary N) is 1. The van der Waals surface area contributed by atoms with Crippen molar-refractivity contribution in [2.45, 2.75) is 6.42 Å². The zero-order valence-electron chi connectivity index (χ0n) is 11.8. The van der Waals surface area contributed by atoms with Crippen LogP contribution in [-0.4, -0.2) is 19.6 Å². The Morgan fingerprint density at radius 2 is 2.00 bits per heavy atom. The molecule has 0 aliphatic rings. The number of ether oxygens (including phenoxy) is 1. The lowest BCUT2D eigenvalue weighted by Gasteiger charge is -2.18. The zero-order valence-corrected chi connectivity index (χ0v) is 11.8. The Morgan fingerprint density at radius 3 is 2.71 bits per heavy atom. The number of nitrogen functional groups attached to an aromatic ring is 1. The lowest BCUT2D eigenvalue weighted by molar-refractivity contribution is -0.118. The van der Waals surface area contributed by atoms with E-state index in [0.717, 1.165) is 0 Å². The molecule has 2 aromatic rings. The molecule has 0 unspecified atom stereocenters. The first-order valence-electron chi connectivity index (χ1n) is 6.57. The zero-order chi connectivity index (χ0) is 15.2. The summed E-state index contributed by atoms with van der Waals surface area (Å²) in [5, 5.41) is 0. The molecular formula is C16H17FN2O2. The summed E-state index contributed by atoms with van der Waals surface area (Å²) < 4.78 is 19.0. The molecule has 4 nitrogen and oxygen atoms in total. The number of para-hydroxylation sites is 1. The normalized spacial score (nSPS) is 10.2. The van der Waals surface area contributed by atoms with E-state index in [9.17, 15) is 9.18 Å². The highest BCUT2D eigenvalue weighted by atomic mass is 19.1. The fourth-order valence-electron chi connectivity index (χ4n) is 1.89. The third-order valence-electron chi connectivity index (χ3n) is 3.03. The van der Waals surface area contributed by atoms with Crippen LogP contribution in [0.1, 0.15) is 6.42 Å². The predicted octanol–water partition coefficient (Wildman–Crippen LogP) is 2.84. The Bertz CT molecular complexity index is 631. The second-order valence-electron chi connectivity index (χ2n) is 4.58. The number of amides is 1. The van der Waals surface area contributed by atoms with E-state index in [1.807, 2.05) is 0 Å². The van der Waals surface area contributed by atoms with Crippen LogP contribution in [0.2, 0.25) is 0 Å². The number of rotatable bonds is 5. The van der Waals surface area contributed by atoms with Gasteiger partial charge >= 0.3 is 0 Å². The summed E-state index contributed by atoms with van der Waals surface area (Å²) >= 11 is 0. The quantitative estimate of drug-likeness (QED) is 0.861. The van der Waals surface area contributed by atoms with Crippen molar-refractivity contribution in [2.75, 3.05) is 24.3 Å². The first-order chi connectivity index (χ1) is 10.1. The minimum atomic E-state index is -0.426. The molecule has 21 heavy (non-hydrogen) atoms. The topological polar surface area (TPSA) is 55.6 Å². The first kappa shape index (κ1) is 14.8. The van der Waals surface area contributed by atoms with Crippen molar-refractivity contribution in [1.82, 2.24) is 0 Å². The van der Waals surface area contributed by atoms with Crippen LogP contribution in [0.3, 0.4) is 0 Å². The Morgan fingerprint density at radius 1 is 1.24 bits per heavy atom. The maximum Gasteiger partial charge on any atom is 0.230 e. The van der Waals surface area contributed by atoms with Gasteiger partial charge in [-0.15, -0.1) is 0 Å². The molecule has 110 valence electrons. The van der Waals surface area contributed by atoms with Crippen LogP contribution in [0.5, 0.6) is 5.75 Å². The number of nitrogens with zero attached hydrogens (tertiary/aromatic N) is 1. The third kappa shape index (κ3) is 3.95. The molecule has 2 aromatic carbocycles. The van der Waals surface area contributed by atoms with E-state index in [1.165, 1.54) is 11.0 Å². The predicted molar refractivity (Wildman–Crippen MR) is 80.8 cm³/mol. The molecular weight excluding hydrogens is 271 g/mol. The van der Waals surface area contributed by atoms with Gasteiger partial charge in [-0.1, -0.05) is 18.2 Å². The van der Waals surface area contributed by atoms with E-state index >= 15 is 0 Å². The summed E-state index contributed by atoms with van der Waals surface area (Å²) in [5.41, 5.74) is 6.49. The molecule has 0 bridgehead atoms. The Balaban J connectivity index is 1.89. The van der Waals surface area contributed by atoms with E-state index in [2.05, 4.69) is 0 Å². The van der Waals surface area contributed by atoms with Crippen molar-refractivity contribution in [2.24, 2.45) is 0 Å². The molecule has 0 radical (unpaired) electrons.